The highest BCUT2D eigenvalue weighted by Gasteiger charge is 2.29. The Morgan fingerprint density at radius 3 is 2.62 bits per heavy atom. The first kappa shape index (κ1) is 18.1. The summed E-state index contributed by atoms with van der Waals surface area (Å²) in [6.07, 6.45) is 1.55. The summed E-state index contributed by atoms with van der Waals surface area (Å²) in [6, 6.07) is 3.44. The summed E-state index contributed by atoms with van der Waals surface area (Å²) in [5.41, 5.74) is -0.487. The van der Waals surface area contributed by atoms with Crippen molar-refractivity contribution in [3.63, 3.8) is 0 Å². The van der Waals surface area contributed by atoms with Crippen molar-refractivity contribution in [3.05, 3.63) is 28.3 Å². The molecule has 1 aliphatic rings. The van der Waals surface area contributed by atoms with Crippen molar-refractivity contribution < 1.29 is 22.9 Å². The third kappa shape index (κ3) is 4.01. The van der Waals surface area contributed by atoms with Gasteiger partial charge in [0.25, 0.3) is 5.91 Å². The summed E-state index contributed by atoms with van der Waals surface area (Å²) >= 11 is 0. The van der Waals surface area contributed by atoms with Crippen molar-refractivity contribution in [3.8, 4) is 5.75 Å². The number of amides is 1. The molecule has 1 heterocycles. The van der Waals surface area contributed by atoms with Crippen LogP contribution in [0.1, 0.15) is 19.8 Å². The molecule has 0 unspecified atom stereocenters. The lowest BCUT2D eigenvalue weighted by atomic mass is 10.3. The van der Waals surface area contributed by atoms with Crippen LogP contribution in [0, 0.1) is 10.1 Å². The molecular weight excluding hydrogens is 338 g/mol. The SMILES string of the molecule is CCNC(=O)COc1ccc(S(=O)(=O)N2CCCC2)cc1[N+](=O)[O-]. The highest BCUT2D eigenvalue weighted by molar-refractivity contribution is 7.89. The lowest BCUT2D eigenvalue weighted by Gasteiger charge is -2.15. The van der Waals surface area contributed by atoms with Gasteiger partial charge in [-0.3, -0.25) is 14.9 Å². The summed E-state index contributed by atoms with van der Waals surface area (Å²) < 4.78 is 31.4. The molecule has 0 aromatic heterocycles. The molecule has 0 bridgehead atoms. The second-order valence-corrected chi connectivity index (χ2v) is 7.18. The molecule has 1 amide bonds. The largest absolute Gasteiger partial charge is 0.477 e. The van der Waals surface area contributed by atoms with Crippen LogP contribution in [0.2, 0.25) is 0 Å². The summed E-state index contributed by atoms with van der Waals surface area (Å²) in [7, 11) is -3.76. The predicted molar refractivity (Wildman–Crippen MR) is 85.3 cm³/mol. The fraction of sp³-hybridized carbons (Fsp3) is 0.500. The van der Waals surface area contributed by atoms with E-state index in [1.54, 1.807) is 6.92 Å². The molecule has 24 heavy (non-hydrogen) atoms. The van der Waals surface area contributed by atoms with Crippen molar-refractivity contribution in [1.82, 2.24) is 9.62 Å². The Labute approximate surface area is 139 Å². The zero-order chi connectivity index (χ0) is 17.7. The maximum absolute atomic E-state index is 12.5. The molecule has 2 rings (SSSR count). The number of carbonyl (C=O) groups excluding carboxylic acids is 1. The summed E-state index contributed by atoms with van der Waals surface area (Å²) in [4.78, 5) is 21.7. The normalized spacial score (nSPS) is 15.2. The summed E-state index contributed by atoms with van der Waals surface area (Å²) in [5.74, 6) is -0.563. The molecule has 0 spiro atoms. The van der Waals surface area contributed by atoms with Crippen LogP contribution >= 0.6 is 0 Å². The first-order valence-corrected chi connectivity index (χ1v) is 8.98. The first-order valence-electron chi connectivity index (χ1n) is 7.54. The summed E-state index contributed by atoms with van der Waals surface area (Å²) in [5, 5.41) is 13.7. The lowest BCUT2D eigenvalue weighted by Crippen LogP contribution is -2.29. The molecule has 1 aromatic carbocycles. The zero-order valence-corrected chi connectivity index (χ0v) is 14.0. The molecule has 0 aliphatic carbocycles. The molecular formula is C14H19N3O6S. The number of rotatable bonds is 7. The minimum absolute atomic E-state index is 0.147. The van der Waals surface area contributed by atoms with E-state index in [0.29, 0.717) is 19.6 Å². The van der Waals surface area contributed by atoms with Crippen molar-refractivity contribution >= 4 is 21.6 Å². The number of hydrogen-bond acceptors (Lipinski definition) is 6. The average molecular weight is 357 g/mol. The van der Waals surface area contributed by atoms with E-state index in [0.717, 1.165) is 18.9 Å². The molecule has 0 radical (unpaired) electrons. The monoisotopic (exact) mass is 357 g/mol. The molecule has 9 nitrogen and oxygen atoms in total. The molecule has 1 aromatic rings. The lowest BCUT2D eigenvalue weighted by molar-refractivity contribution is -0.386. The van der Waals surface area contributed by atoms with Crippen LogP contribution in [0.4, 0.5) is 5.69 Å². The van der Waals surface area contributed by atoms with Gasteiger partial charge in [-0.05, 0) is 31.9 Å². The minimum Gasteiger partial charge on any atom is -0.477 e. The van der Waals surface area contributed by atoms with E-state index in [9.17, 15) is 23.3 Å². The van der Waals surface area contributed by atoms with Crippen LogP contribution in [-0.4, -0.2) is 49.8 Å². The third-order valence-electron chi connectivity index (χ3n) is 3.56. The van der Waals surface area contributed by atoms with Crippen molar-refractivity contribution in [2.75, 3.05) is 26.2 Å². The Morgan fingerprint density at radius 2 is 2.04 bits per heavy atom. The van der Waals surface area contributed by atoms with E-state index >= 15 is 0 Å². The van der Waals surface area contributed by atoms with Crippen LogP contribution < -0.4 is 10.1 Å². The van der Waals surface area contributed by atoms with E-state index < -0.39 is 26.5 Å². The molecule has 1 fully saturated rings. The number of likely N-dealkylation sites (N-methyl/N-ethyl adjacent to an activating group) is 1. The maximum Gasteiger partial charge on any atom is 0.312 e. The van der Waals surface area contributed by atoms with Crippen molar-refractivity contribution in [1.29, 1.82) is 0 Å². The standard InChI is InChI=1S/C14H19N3O6S/c1-2-15-14(18)10-23-13-6-5-11(9-12(13)17(19)20)24(21,22)16-7-3-4-8-16/h5-6,9H,2-4,7-8,10H2,1H3,(H,15,18). The molecule has 0 atom stereocenters. The number of nitro groups is 1. The van der Waals surface area contributed by atoms with Gasteiger partial charge in [-0.2, -0.15) is 4.31 Å². The zero-order valence-electron chi connectivity index (χ0n) is 13.2. The van der Waals surface area contributed by atoms with Gasteiger partial charge in [0.1, 0.15) is 0 Å². The Bertz CT molecular complexity index is 728. The molecule has 1 saturated heterocycles. The quantitative estimate of drug-likeness (QED) is 0.572. The number of benzene rings is 1. The molecule has 10 heteroatoms. The van der Waals surface area contributed by atoms with Gasteiger partial charge in [0.15, 0.2) is 12.4 Å². The number of nitro benzene ring substituents is 1. The van der Waals surface area contributed by atoms with Crippen LogP contribution in [0.5, 0.6) is 5.75 Å². The van der Waals surface area contributed by atoms with E-state index in [2.05, 4.69) is 5.32 Å². The van der Waals surface area contributed by atoms with E-state index in [1.807, 2.05) is 0 Å². The Morgan fingerprint density at radius 1 is 1.38 bits per heavy atom. The fourth-order valence-corrected chi connectivity index (χ4v) is 3.93. The van der Waals surface area contributed by atoms with Gasteiger partial charge < -0.3 is 10.1 Å². The molecule has 0 saturated carbocycles. The topological polar surface area (TPSA) is 119 Å². The van der Waals surface area contributed by atoms with Gasteiger partial charge in [0, 0.05) is 25.7 Å². The average Bonchev–Trinajstić information content (AvgIpc) is 3.08. The highest BCUT2D eigenvalue weighted by atomic mass is 32.2. The second kappa shape index (κ2) is 7.58. The Balaban J connectivity index is 2.26. The fourth-order valence-electron chi connectivity index (χ4n) is 2.39. The molecule has 1 N–H and O–H groups in total. The predicted octanol–water partition coefficient (Wildman–Crippen LogP) is 0.894. The second-order valence-electron chi connectivity index (χ2n) is 5.24. The number of hydrogen-bond donors (Lipinski definition) is 1. The maximum atomic E-state index is 12.5. The highest BCUT2D eigenvalue weighted by Crippen LogP contribution is 2.31. The van der Waals surface area contributed by atoms with Crippen LogP contribution in [0.3, 0.4) is 0 Å². The van der Waals surface area contributed by atoms with Gasteiger partial charge in [0.2, 0.25) is 10.0 Å². The Hall–Kier alpha value is -2.20. The van der Waals surface area contributed by atoms with Crippen molar-refractivity contribution in [2.24, 2.45) is 0 Å². The minimum atomic E-state index is -3.76. The van der Waals surface area contributed by atoms with Gasteiger partial charge in [-0.25, -0.2) is 8.42 Å². The van der Waals surface area contributed by atoms with E-state index in [1.165, 1.54) is 16.4 Å². The Kier molecular flexibility index (Phi) is 5.73. The van der Waals surface area contributed by atoms with Crippen LogP contribution in [0.25, 0.3) is 0 Å². The summed E-state index contributed by atoms with van der Waals surface area (Å²) in [6.45, 7) is 2.58. The molecule has 1 aliphatic heterocycles. The number of ether oxygens (including phenoxy) is 1. The number of nitrogens with zero attached hydrogens (tertiary/aromatic N) is 2. The number of nitrogens with one attached hydrogen (secondary N) is 1. The van der Waals surface area contributed by atoms with Gasteiger partial charge >= 0.3 is 5.69 Å². The first-order chi connectivity index (χ1) is 11.4. The van der Waals surface area contributed by atoms with Crippen LogP contribution in [-0.2, 0) is 14.8 Å². The molecule has 132 valence electrons. The van der Waals surface area contributed by atoms with E-state index in [4.69, 9.17) is 4.74 Å². The van der Waals surface area contributed by atoms with Crippen LogP contribution in [0.15, 0.2) is 23.1 Å². The van der Waals surface area contributed by atoms with E-state index in [-0.39, 0.29) is 17.3 Å². The van der Waals surface area contributed by atoms with Gasteiger partial charge in [0.05, 0.1) is 9.82 Å². The number of carbonyl (C=O) groups is 1. The van der Waals surface area contributed by atoms with Gasteiger partial charge in [-0.1, -0.05) is 0 Å². The van der Waals surface area contributed by atoms with Crippen molar-refractivity contribution in [2.45, 2.75) is 24.7 Å². The smallest absolute Gasteiger partial charge is 0.312 e. The third-order valence-corrected chi connectivity index (χ3v) is 5.46. The van der Waals surface area contributed by atoms with Gasteiger partial charge in [-0.15, -0.1) is 0 Å². The number of sulfonamides is 1.